The molecule has 0 unspecified atom stereocenters. The number of aryl methyl sites for hydroxylation is 2. The number of carbonyl (C=O) groups is 1. The lowest BCUT2D eigenvalue weighted by molar-refractivity contribution is -0.118. The van der Waals surface area contributed by atoms with E-state index in [0.717, 1.165) is 33.2 Å². The fourth-order valence-corrected chi connectivity index (χ4v) is 4.24. The van der Waals surface area contributed by atoms with Gasteiger partial charge in [-0.05, 0) is 38.5 Å². The van der Waals surface area contributed by atoms with Crippen molar-refractivity contribution in [2.45, 2.75) is 27.2 Å². The maximum Gasteiger partial charge on any atom is 0.232 e. The lowest BCUT2D eigenvalue weighted by atomic mass is 10.1. The summed E-state index contributed by atoms with van der Waals surface area (Å²) in [5.74, 6) is 0.0957. The van der Waals surface area contributed by atoms with E-state index in [9.17, 15) is 4.79 Å². The first-order valence-corrected chi connectivity index (χ1v) is 10.3. The summed E-state index contributed by atoms with van der Waals surface area (Å²) < 4.78 is 2.04. The lowest BCUT2D eigenvalue weighted by Crippen LogP contribution is -2.32. The molecule has 28 heavy (non-hydrogen) atoms. The highest BCUT2D eigenvalue weighted by atomic mass is 32.1. The highest BCUT2D eigenvalue weighted by Crippen LogP contribution is 2.25. The Hall–Kier alpha value is -2.92. The fraction of sp³-hybridized carbons (Fsp3) is 0.217. The molecule has 1 amide bonds. The van der Waals surface area contributed by atoms with E-state index in [1.54, 1.807) is 11.3 Å². The van der Waals surface area contributed by atoms with Gasteiger partial charge in [0.2, 0.25) is 5.91 Å². The van der Waals surface area contributed by atoms with Crippen LogP contribution in [-0.4, -0.2) is 21.8 Å². The average molecular weight is 390 g/mol. The minimum Gasteiger partial charge on any atom is -0.312 e. The molecule has 4 rings (SSSR count). The Morgan fingerprint density at radius 2 is 1.89 bits per heavy atom. The molecule has 0 aliphatic heterocycles. The minimum atomic E-state index is 0.0957. The van der Waals surface area contributed by atoms with E-state index < -0.39 is 0 Å². The predicted octanol–water partition coefficient (Wildman–Crippen LogP) is 5.28. The molecule has 142 valence electrons. The van der Waals surface area contributed by atoms with Crippen molar-refractivity contribution in [3.8, 4) is 11.3 Å². The summed E-state index contributed by atoms with van der Waals surface area (Å²) in [5, 5.41) is 2.03. The molecule has 0 radical (unpaired) electrons. The topological polar surface area (TPSA) is 37.6 Å². The summed E-state index contributed by atoms with van der Waals surface area (Å²) in [4.78, 5) is 20.5. The summed E-state index contributed by atoms with van der Waals surface area (Å²) in [6.07, 6.45) is 2.38. The monoisotopic (exact) mass is 389 g/mol. The molecule has 0 aliphatic rings. The van der Waals surface area contributed by atoms with Crippen molar-refractivity contribution in [1.82, 2.24) is 9.38 Å². The molecule has 4 nitrogen and oxygen atoms in total. The van der Waals surface area contributed by atoms with Crippen molar-refractivity contribution >= 4 is 27.9 Å². The quantitative estimate of drug-likeness (QED) is 0.466. The molecule has 0 atom stereocenters. The molecule has 2 heterocycles. The molecule has 0 saturated carbocycles. The number of thiazole rings is 1. The van der Waals surface area contributed by atoms with Gasteiger partial charge in [0.05, 0.1) is 12.1 Å². The van der Waals surface area contributed by atoms with E-state index in [0.29, 0.717) is 13.0 Å². The van der Waals surface area contributed by atoms with Crippen molar-refractivity contribution in [2.75, 3.05) is 11.4 Å². The number of hydrogen-bond donors (Lipinski definition) is 0. The number of fused-ring (bicyclic) bond motifs is 1. The molecule has 2 aromatic carbocycles. The van der Waals surface area contributed by atoms with Crippen LogP contribution in [0, 0.1) is 13.8 Å². The highest BCUT2D eigenvalue weighted by Gasteiger charge is 2.18. The first-order chi connectivity index (χ1) is 13.5. The van der Waals surface area contributed by atoms with Crippen molar-refractivity contribution < 1.29 is 4.79 Å². The van der Waals surface area contributed by atoms with Gasteiger partial charge in [-0.15, -0.1) is 11.3 Å². The Bertz CT molecular complexity index is 1120. The summed E-state index contributed by atoms with van der Waals surface area (Å²) >= 11 is 1.57. The molecule has 0 spiro atoms. The highest BCUT2D eigenvalue weighted by molar-refractivity contribution is 7.15. The first kappa shape index (κ1) is 18.4. The van der Waals surface area contributed by atoms with Crippen molar-refractivity contribution in [3.63, 3.8) is 0 Å². The second kappa shape index (κ2) is 7.60. The van der Waals surface area contributed by atoms with Gasteiger partial charge in [0.1, 0.15) is 0 Å². The third-order valence-corrected chi connectivity index (χ3v) is 5.78. The summed E-state index contributed by atoms with van der Waals surface area (Å²) in [7, 11) is 0. The van der Waals surface area contributed by atoms with E-state index in [-0.39, 0.29) is 5.91 Å². The molecular formula is C23H23N3OS. The van der Waals surface area contributed by atoms with Crippen LogP contribution in [0.5, 0.6) is 0 Å². The second-order valence-electron chi connectivity index (χ2n) is 7.03. The first-order valence-electron chi connectivity index (χ1n) is 9.44. The smallest absolute Gasteiger partial charge is 0.232 e. The number of amides is 1. The third-order valence-electron chi connectivity index (χ3n) is 4.89. The van der Waals surface area contributed by atoms with Crippen LogP contribution in [0.4, 0.5) is 5.69 Å². The van der Waals surface area contributed by atoms with Gasteiger partial charge in [-0.25, -0.2) is 4.98 Å². The van der Waals surface area contributed by atoms with Gasteiger partial charge in [-0.3, -0.25) is 9.20 Å². The van der Waals surface area contributed by atoms with Gasteiger partial charge < -0.3 is 4.90 Å². The zero-order chi connectivity index (χ0) is 19.7. The van der Waals surface area contributed by atoms with Crippen LogP contribution in [0.25, 0.3) is 16.2 Å². The van der Waals surface area contributed by atoms with E-state index in [2.05, 4.69) is 37.3 Å². The minimum absolute atomic E-state index is 0.0957. The van der Waals surface area contributed by atoms with Crippen LogP contribution in [0.3, 0.4) is 0 Å². The Balaban J connectivity index is 1.60. The van der Waals surface area contributed by atoms with Gasteiger partial charge in [-0.2, -0.15) is 0 Å². The number of aromatic nitrogens is 2. The average Bonchev–Trinajstić information content (AvgIpc) is 3.25. The molecule has 4 aromatic rings. The molecule has 0 N–H and O–H groups in total. The van der Waals surface area contributed by atoms with Gasteiger partial charge in [0.15, 0.2) is 4.96 Å². The van der Waals surface area contributed by atoms with Gasteiger partial charge in [0.25, 0.3) is 0 Å². The largest absolute Gasteiger partial charge is 0.312 e. The predicted molar refractivity (Wildman–Crippen MR) is 116 cm³/mol. The Labute approximate surface area is 169 Å². The number of anilines is 1. The third kappa shape index (κ3) is 3.58. The summed E-state index contributed by atoms with van der Waals surface area (Å²) in [5.41, 5.74) is 6.33. The number of benzene rings is 2. The Morgan fingerprint density at radius 3 is 2.61 bits per heavy atom. The Kier molecular flexibility index (Phi) is 5.01. The number of imidazole rings is 1. The molecular weight excluding hydrogens is 366 g/mol. The SMILES string of the molecule is CCN(C(=O)Cc1csc2nc(-c3ccc(C)cc3)cn12)c1cccc(C)c1. The van der Waals surface area contributed by atoms with E-state index in [4.69, 9.17) is 4.98 Å². The normalized spacial score (nSPS) is 11.1. The van der Waals surface area contributed by atoms with Crippen LogP contribution in [-0.2, 0) is 11.2 Å². The second-order valence-corrected chi connectivity index (χ2v) is 7.86. The number of likely N-dealkylation sites (N-methyl/N-ethyl adjacent to an activating group) is 1. The van der Waals surface area contributed by atoms with Crippen LogP contribution >= 0.6 is 11.3 Å². The zero-order valence-electron chi connectivity index (χ0n) is 16.3. The van der Waals surface area contributed by atoms with Gasteiger partial charge in [-0.1, -0.05) is 42.0 Å². The van der Waals surface area contributed by atoms with Crippen molar-refractivity contribution in [3.05, 3.63) is 76.9 Å². The standard InChI is InChI=1S/C23H23N3OS/c1-4-25(19-7-5-6-17(3)12-19)22(27)13-20-15-28-23-24-21(14-26(20)23)18-10-8-16(2)9-11-18/h5-12,14-15H,4,13H2,1-3H3. The zero-order valence-corrected chi connectivity index (χ0v) is 17.2. The van der Waals surface area contributed by atoms with E-state index >= 15 is 0 Å². The molecule has 0 fully saturated rings. The van der Waals surface area contributed by atoms with Gasteiger partial charge >= 0.3 is 0 Å². The van der Waals surface area contributed by atoms with Crippen LogP contribution in [0.15, 0.2) is 60.1 Å². The lowest BCUT2D eigenvalue weighted by Gasteiger charge is -2.21. The number of nitrogens with zero attached hydrogens (tertiary/aromatic N) is 3. The van der Waals surface area contributed by atoms with Crippen LogP contribution in [0.1, 0.15) is 23.7 Å². The number of hydrogen-bond acceptors (Lipinski definition) is 3. The van der Waals surface area contributed by atoms with Crippen LogP contribution < -0.4 is 4.90 Å². The van der Waals surface area contributed by atoms with E-state index in [1.807, 2.05) is 52.9 Å². The van der Waals surface area contributed by atoms with Crippen LogP contribution in [0.2, 0.25) is 0 Å². The summed E-state index contributed by atoms with van der Waals surface area (Å²) in [6.45, 7) is 6.78. The number of rotatable bonds is 5. The van der Waals surface area contributed by atoms with Crippen molar-refractivity contribution in [1.29, 1.82) is 0 Å². The molecule has 0 saturated heterocycles. The van der Waals surface area contributed by atoms with Gasteiger partial charge in [0, 0.05) is 35.1 Å². The Morgan fingerprint density at radius 1 is 1.11 bits per heavy atom. The fourth-order valence-electron chi connectivity index (χ4n) is 3.37. The molecule has 0 aliphatic carbocycles. The van der Waals surface area contributed by atoms with Crippen molar-refractivity contribution in [2.24, 2.45) is 0 Å². The maximum atomic E-state index is 13.0. The maximum absolute atomic E-state index is 13.0. The van der Waals surface area contributed by atoms with E-state index in [1.165, 1.54) is 5.56 Å². The summed E-state index contributed by atoms with van der Waals surface area (Å²) in [6, 6.07) is 16.4. The number of carbonyl (C=O) groups excluding carboxylic acids is 1. The molecule has 0 bridgehead atoms. The molecule has 5 heteroatoms. The molecule has 2 aromatic heterocycles.